The van der Waals surface area contributed by atoms with E-state index in [1.807, 2.05) is 6.92 Å². The first-order valence-corrected chi connectivity index (χ1v) is 8.65. The Bertz CT molecular complexity index is 984. The molecule has 2 heterocycles. The monoisotopic (exact) mass is 371 g/mol. The van der Waals surface area contributed by atoms with E-state index in [0.29, 0.717) is 12.3 Å². The van der Waals surface area contributed by atoms with Gasteiger partial charge in [-0.3, -0.25) is 4.72 Å². The Morgan fingerprint density at radius 2 is 2.00 bits per heavy atom. The van der Waals surface area contributed by atoms with Gasteiger partial charge in [-0.25, -0.2) is 4.39 Å². The van der Waals surface area contributed by atoms with Crippen molar-refractivity contribution in [3.8, 4) is 11.7 Å². The molecule has 3 rings (SSSR count). The van der Waals surface area contributed by atoms with Gasteiger partial charge < -0.3 is 8.83 Å². The summed E-state index contributed by atoms with van der Waals surface area (Å²) in [5.74, 6) is -0.0363. The van der Waals surface area contributed by atoms with Crippen LogP contribution in [-0.2, 0) is 16.4 Å². The molecule has 0 radical (unpaired) electrons. The summed E-state index contributed by atoms with van der Waals surface area (Å²) in [5, 5.41) is 7.00. The first-order valence-electron chi connectivity index (χ1n) is 6.79. The average Bonchev–Trinajstić information content (AvgIpc) is 3.19. The molecule has 10 heteroatoms. The van der Waals surface area contributed by atoms with E-state index in [2.05, 4.69) is 14.9 Å². The molecule has 0 aliphatic carbocycles. The fourth-order valence-electron chi connectivity index (χ4n) is 1.84. The molecule has 0 aliphatic heterocycles. The van der Waals surface area contributed by atoms with Crippen LogP contribution in [0.4, 0.5) is 10.1 Å². The van der Waals surface area contributed by atoms with Gasteiger partial charge in [0.15, 0.2) is 5.76 Å². The van der Waals surface area contributed by atoms with Crippen LogP contribution in [0.5, 0.6) is 0 Å². The Hall–Kier alpha value is -2.39. The zero-order valence-electron chi connectivity index (χ0n) is 12.3. The number of benzene rings is 1. The average molecular weight is 372 g/mol. The molecule has 1 aromatic carbocycles. The number of aromatic nitrogens is 2. The van der Waals surface area contributed by atoms with Crippen molar-refractivity contribution in [2.45, 2.75) is 18.4 Å². The van der Waals surface area contributed by atoms with E-state index in [1.54, 1.807) is 0 Å². The lowest BCUT2D eigenvalue weighted by Crippen LogP contribution is -2.12. The fraction of sp³-hybridized carbons (Fsp3) is 0.143. The molecule has 0 bridgehead atoms. The van der Waals surface area contributed by atoms with Crippen LogP contribution in [-0.4, -0.2) is 18.6 Å². The van der Waals surface area contributed by atoms with Gasteiger partial charge in [0.25, 0.3) is 15.9 Å². The van der Waals surface area contributed by atoms with Crippen molar-refractivity contribution >= 4 is 27.3 Å². The molecule has 0 amide bonds. The Morgan fingerprint density at radius 1 is 1.21 bits per heavy atom. The normalized spacial score (nSPS) is 11.6. The zero-order chi connectivity index (χ0) is 17.3. The molecule has 3 aromatic rings. The molecule has 7 nitrogen and oxygen atoms in total. The molecule has 0 saturated carbocycles. The topological polar surface area (TPSA) is 98.2 Å². The van der Waals surface area contributed by atoms with Gasteiger partial charge in [0.05, 0.1) is 10.7 Å². The lowest BCUT2D eigenvalue weighted by Gasteiger charge is -2.06. The first kappa shape index (κ1) is 16.5. The molecule has 24 heavy (non-hydrogen) atoms. The van der Waals surface area contributed by atoms with Crippen LogP contribution in [0.3, 0.4) is 0 Å². The highest BCUT2D eigenvalue weighted by atomic mass is 35.5. The van der Waals surface area contributed by atoms with E-state index < -0.39 is 15.8 Å². The maximum atomic E-state index is 13.1. The summed E-state index contributed by atoms with van der Waals surface area (Å²) in [4.78, 5) is 0. The van der Waals surface area contributed by atoms with Crippen LogP contribution in [0.1, 0.15) is 12.8 Å². The largest absolute Gasteiger partial charge is 0.438 e. The van der Waals surface area contributed by atoms with Crippen molar-refractivity contribution in [3.05, 3.63) is 47.1 Å². The number of rotatable bonds is 5. The minimum Gasteiger partial charge on any atom is -0.438 e. The number of aryl methyl sites for hydroxylation is 1. The van der Waals surface area contributed by atoms with Gasteiger partial charge in [0.1, 0.15) is 5.82 Å². The Labute approximate surface area is 141 Å². The zero-order valence-corrected chi connectivity index (χ0v) is 13.9. The van der Waals surface area contributed by atoms with Crippen LogP contribution in [0.25, 0.3) is 11.7 Å². The van der Waals surface area contributed by atoms with Crippen molar-refractivity contribution in [2.24, 2.45) is 0 Å². The lowest BCUT2D eigenvalue weighted by atomic mass is 10.3. The van der Waals surface area contributed by atoms with Gasteiger partial charge in [0.2, 0.25) is 11.0 Å². The van der Waals surface area contributed by atoms with E-state index in [1.165, 1.54) is 18.2 Å². The third kappa shape index (κ3) is 3.26. The first-order chi connectivity index (χ1) is 11.4. The summed E-state index contributed by atoms with van der Waals surface area (Å²) in [6, 6.07) is 6.11. The standard InChI is InChI=1S/C14H11ClFN3O4S/c1-2-12-17-18-14(23-12)11-5-6-13(22-11)24(20,21)19-8-3-4-10(16)9(15)7-8/h3-7,19H,2H2,1H3. The minimum atomic E-state index is -4.02. The van der Waals surface area contributed by atoms with E-state index in [9.17, 15) is 12.8 Å². The number of furan rings is 1. The highest BCUT2D eigenvalue weighted by Crippen LogP contribution is 2.26. The number of hydrogen-bond donors (Lipinski definition) is 1. The van der Waals surface area contributed by atoms with E-state index in [-0.39, 0.29) is 27.5 Å². The third-order valence-corrected chi connectivity index (χ3v) is 4.54. The summed E-state index contributed by atoms with van der Waals surface area (Å²) < 4.78 is 50.5. The predicted molar refractivity (Wildman–Crippen MR) is 83.6 cm³/mol. The van der Waals surface area contributed by atoms with Crippen molar-refractivity contribution in [1.82, 2.24) is 10.2 Å². The lowest BCUT2D eigenvalue weighted by molar-refractivity contribution is 0.436. The third-order valence-electron chi connectivity index (χ3n) is 3.00. The Kier molecular flexibility index (Phi) is 4.29. The number of anilines is 1. The highest BCUT2D eigenvalue weighted by Gasteiger charge is 2.22. The molecule has 0 unspecified atom stereocenters. The number of halogens is 2. The maximum absolute atomic E-state index is 13.1. The van der Waals surface area contributed by atoms with Crippen molar-refractivity contribution in [1.29, 1.82) is 0 Å². The van der Waals surface area contributed by atoms with Crippen LogP contribution in [0.15, 0.2) is 44.3 Å². The molecular formula is C14H11ClFN3O4S. The summed E-state index contributed by atoms with van der Waals surface area (Å²) in [7, 11) is -4.02. The highest BCUT2D eigenvalue weighted by molar-refractivity contribution is 7.92. The fourth-order valence-corrected chi connectivity index (χ4v) is 3.01. The molecule has 0 atom stereocenters. The van der Waals surface area contributed by atoms with E-state index in [4.69, 9.17) is 20.4 Å². The van der Waals surface area contributed by atoms with Gasteiger partial charge in [-0.05, 0) is 30.3 Å². The number of sulfonamides is 1. The molecule has 0 spiro atoms. The number of nitrogens with zero attached hydrogens (tertiary/aromatic N) is 2. The van der Waals surface area contributed by atoms with Crippen LogP contribution in [0.2, 0.25) is 5.02 Å². The van der Waals surface area contributed by atoms with Gasteiger partial charge in [0, 0.05) is 6.42 Å². The van der Waals surface area contributed by atoms with Crippen molar-refractivity contribution in [3.63, 3.8) is 0 Å². The molecule has 126 valence electrons. The Morgan fingerprint density at radius 3 is 2.67 bits per heavy atom. The quantitative estimate of drug-likeness (QED) is 0.737. The maximum Gasteiger partial charge on any atom is 0.295 e. The van der Waals surface area contributed by atoms with Crippen molar-refractivity contribution < 1.29 is 21.6 Å². The van der Waals surface area contributed by atoms with Crippen LogP contribution in [0, 0.1) is 5.82 Å². The predicted octanol–water partition coefficient (Wildman–Crippen LogP) is 3.49. The smallest absolute Gasteiger partial charge is 0.295 e. The van der Waals surface area contributed by atoms with Gasteiger partial charge in [-0.1, -0.05) is 18.5 Å². The summed E-state index contributed by atoms with van der Waals surface area (Å²) in [6.07, 6.45) is 0.547. The second kappa shape index (κ2) is 6.25. The summed E-state index contributed by atoms with van der Waals surface area (Å²) in [5.41, 5.74) is 0.102. The van der Waals surface area contributed by atoms with E-state index in [0.717, 1.165) is 12.1 Å². The minimum absolute atomic E-state index is 0.0816. The number of hydrogen-bond acceptors (Lipinski definition) is 6. The second-order valence-electron chi connectivity index (χ2n) is 4.71. The second-order valence-corrected chi connectivity index (χ2v) is 6.73. The van der Waals surface area contributed by atoms with Crippen molar-refractivity contribution in [2.75, 3.05) is 4.72 Å². The number of nitrogens with one attached hydrogen (secondary N) is 1. The molecule has 0 fully saturated rings. The molecule has 0 aliphatic rings. The molecule has 2 aromatic heterocycles. The van der Waals surface area contributed by atoms with Crippen LogP contribution < -0.4 is 4.72 Å². The van der Waals surface area contributed by atoms with Gasteiger partial charge >= 0.3 is 0 Å². The molecular weight excluding hydrogens is 361 g/mol. The van der Waals surface area contributed by atoms with E-state index >= 15 is 0 Å². The van der Waals surface area contributed by atoms with Gasteiger partial charge in [-0.2, -0.15) is 8.42 Å². The molecule has 1 N–H and O–H groups in total. The SMILES string of the molecule is CCc1nnc(-c2ccc(S(=O)(=O)Nc3ccc(F)c(Cl)c3)o2)o1. The summed E-state index contributed by atoms with van der Waals surface area (Å²) >= 11 is 5.63. The molecule has 0 saturated heterocycles. The Balaban J connectivity index is 1.86. The van der Waals surface area contributed by atoms with Gasteiger partial charge in [-0.15, -0.1) is 10.2 Å². The summed E-state index contributed by atoms with van der Waals surface area (Å²) in [6.45, 7) is 1.84. The van der Waals surface area contributed by atoms with Crippen LogP contribution >= 0.6 is 11.6 Å².